The summed E-state index contributed by atoms with van der Waals surface area (Å²) < 4.78 is 15.3. The maximum absolute atomic E-state index is 13.0. The Morgan fingerprint density at radius 3 is 2.53 bits per heavy atom. The Kier molecular flexibility index (Phi) is 5.89. The SMILES string of the molecule is O=C(c1nnsc1COc1ccccc1)N1CCC(c2nc(-c3ccccc3)no2)CC1. The highest BCUT2D eigenvalue weighted by Gasteiger charge is 2.30. The van der Waals surface area contributed by atoms with Crippen LogP contribution in [0.2, 0.25) is 0 Å². The van der Waals surface area contributed by atoms with Gasteiger partial charge in [-0.3, -0.25) is 4.79 Å². The molecule has 0 unspecified atom stereocenters. The normalized spacial score (nSPS) is 14.4. The van der Waals surface area contributed by atoms with Crippen LogP contribution in [0.25, 0.3) is 11.4 Å². The number of nitrogens with zero attached hydrogens (tertiary/aromatic N) is 5. The van der Waals surface area contributed by atoms with Gasteiger partial charge in [0.15, 0.2) is 5.69 Å². The number of amides is 1. The Hall–Kier alpha value is -3.59. The van der Waals surface area contributed by atoms with E-state index < -0.39 is 0 Å². The average molecular weight is 448 g/mol. The molecule has 1 fully saturated rings. The maximum atomic E-state index is 13.0. The van der Waals surface area contributed by atoms with Crippen molar-refractivity contribution in [3.8, 4) is 17.1 Å². The van der Waals surface area contributed by atoms with Gasteiger partial charge in [-0.25, -0.2) is 0 Å². The van der Waals surface area contributed by atoms with Crippen LogP contribution in [0.15, 0.2) is 65.2 Å². The zero-order valence-electron chi connectivity index (χ0n) is 17.3. The minimum absolute atomic E-state index is 0.112. The van der Waals surface area contributed by atoms with Crippen molar-refractivity contribution >= 4 is 17.4 Å². The van der Waals surface area contributed by atoms with E-state index in [9.17, 15) is 4.79 Å². The molecule has 1 aliphatic rings. The topological polar surface area (TPSA) is 94.2 Å². The van der Waals surface area contributed by atoms with Crippen LogP contribution in [0.5, 0.6) is 5.75 Å². The highest BCUT2D eigenvalue weighted by molar-refractivity contribution is 7.05. The van der Waals surface area contributed by atoms with Crippen molar-refractivity contribution in [3.05, 3.63) is 77.1 Å². The van der Waals surface area contributed by atoms with Crippen molar-refractivity contribution in [1.29, 1.82) is 0 Å². The second-order valence-electron chi connectivity index (χ2n) is 7.54. The number of carbonyl (C=O) groups is 1. The van der Waals surface area contributed by atoms with E-state index in [0.717, 1.165) is 29.0 Å². The monoisotopic (exact) mass is 447 g/mol. The first kappa shape index (κ1) is 20.3. The number of para-hydroxylation sites is 1. The molecule has 162 valence electrons. The number of likely N-dealkylation sites (tertiary alicyclic amines) is 1. The van der Waals surface area contributed by atoms with Crippen LogP contribution in [-0.4, -0.2) is 43.6 Å². The van der Waals surface area contributed by atoms with Gasteiger partial charge in [0.25, 0.3) is 5.91 Å². The molecule has 4 aromatic rings. The molecule has 0 aliphatic carbocycles. The Labute approximate surface area is 189 Å². The number of ether oxygens (including phenoxy) is 1. The first-order valence-electron chi connectivity index (χ1n) is 10.5. The molecule has 0 spiro atoms. The third kappa shape index (κ3) is 4.38. The zero-order chi connectivity index (χ0) is 21.8. The van der Waals surface area contributed by atoms with Gasteiger partial charge in [0.05, 0.1) is 4.88 Å². The molecule has 2 aromatic heterocycles. The quantitative estimate of drug-likeness (QED) is 0.437. The molecule has 0 bridgehead atoms. The van der Waals surface area contributed by atoms with Gasteiger partial charge in [-0.2, -0.15) is 4.98 Å². The number of piperidine rings is 1. The van der Waals surface area contributed by atoms with Crippen molar-refractivity contribution in [2.24, 2.45) is 0 Å². The molecule has 2 aromatic carbocycles. The Balaban J connectivity index is 1.19. The predicted molar refractivity (Wildman–Crippen MR) is 118 cm³/mol. The van der Waals surface area contributed by atoms with Gasteiger partial charge < -0.3 is 14.2 Å². The molecule has 3 heterocycles. The summed E-state index contributed by atoms with van der Waals surface area (Å²) in [5.41, 5.74) is 1.30. The molecule has 9 heteroatoms. The lowest BCUT2D eigenvalue weighted by molar-refractivity contribution is 0.0696. The predicted octanol–water partition coefficient (Wildman–Crippen LogP) is 4.19. The van der Waals surface area contributed by atoms with Crippen molar-refractivity contribution in [1.82, 2.24) is 24.6 Å². The van der Waals surface area contributed by atoms with Crippen LogP contribution < -0.4 is 4.74 Å². The van der Waals surface area contributed by atoms with Gasteiger partial charge in [0, 0.05) is 24.6 Å². The van der Waals surface area contributed by atoms with Crippen LogP contribution in [0, 0.1) is 0 Å². The van der Waals surface area contributed by atoms with Gasteiger partial charge in [0.1, 0.15) is 12.4 Å². The Morgan fingerprint density at radius 2 is 1.78 bits per heavy atom. The van der Waals surface area contributed by atoms with E-state index in [2.05, 4.69) is 19.7 Å². The van der Waals surface area contributed by atoms with E-state index >= 15 is 0 Å². The van der Waals surface area contributed by atoms with Crippen molar-refractivity contribution in [2.75, 3.05) is 13.1 Å². The van der Waals surface area contributed by atoms with Crippen LogP contribution >= 0.6 is 11.5 Å². The molecule has 5 rings (SSSR count). The number of aromatic nitrogens is 4. The number of carbonyl (C=O) groups excluding carboxylic acids is 1. The standard InChI is InChI=1S/C23H21N5O3S/c29-23(20-19(32-27-25-20)15-30-18-9-5-2-6-10-18)28-13-11-17(12-14-28)22-24-21(26-31-22)16-7-3-1-4-8-16/h1-10,17H,11-15H2. The lowest BCUT2D eigenvalue weighted by Crippen LogP contribution is -2.38. The molecular formula is C23H21N5O3S. The lowest BCUT2D eigenvalue weighted by Gasteiger charge is -2.30. The van der Waals surface area contributed by atoms with Crippen molar-refractivity contribution in [3.63, 3.8) is 0 Å². The highest BCUT2D eigenvalue weighted by atomic mass is 32.1. The number of benzene rings is 2. The summed E-state index contributed by atoms with van der Waals surface area (Å²) in [5.74, 6) is 1.99. The second-order valence-corrected chi connectivity index (χ2v) is 8.37. The molecule has 0 atom stereocenters. The van der Waals surface area contributed by atoms with E-state index in [1.54, 1.807) is 0 Å². The van der Waals surface area contributed by atoms with Crippen molar-refractivity contribution in [2.45, 2.75) is 25.4 Å². The summed E-state index contributed by atoms with van der Waals surface area (Å²) in [5, 5.41) is 8.19. The largest absolute Gasteiger partial charge is 0.488 e. The molecule has 1 saturated heterocycles. The zero-order valence-corrected chi connectivity index (χ0v) is 18.1. The summed E-state index contributed by atoms with van der Waals surface area (Å²) in [4.78, 5) is 20.2. The fraction of sp³-hybridized carbons (Fsp3) is 0.261. The third-order valence-electron chi connectivity index (χ3n) is 5.48. The summed E-state index contributed by atoms with van der Waals surface area (Å²) >= 11 is 1.19. The molecule has 1 aliphatic heterocycles. The number of hydrogen-bond donors (Lipinski definition) is 0. The minimum Gasteiger partial charge on any atom is -0.488 e. The van der Waals surface area contributed by atoms with E-state index in [1.807, 2.05) is 65.6 Å². The first-order chi connectivity index (χ1) is 15.8. The van der Waals surface area contributed by atoms with Gasteiger partial charge >= 0.3 is 0 Å². The first-order valence-corrected chi connectivity index (χ1v) is 11.2. The molecule has 0 saturated carbocycles. The van der Waals surface area contributed by atoms with Gasteiger partial charge in [-0.05, 0) is 36.5 Å². The van der Waals surface area contributed by atoms with Gasteiger partial charge in [-0.1, -0.05) is 58.2 Å². The van der Waals surface area contributed by atoms with E-state index in [-0.39, 0.29) is 18.4 Å². The van der Waals surface area contributed by atoms with Gasteiger partial charge in [-0.15, -0.1) is 5.10 Å². The number of rotatable bonds is 6. The van der Waals surface area contributed by atoms with Crippen LogP contribution in [-0.2, 0) is 6.61 Å². The molecule has 0 radical (unpaired) electrons. The van der Waals surface area contributed by atoms with Crippen LogP contribution in [0.3, 0.4) is 0 Å². The fourth-order valence-corrected chi connectivity index (χ4v) is 4.26. The van der Waals surface area contributed by atoms with Crippen LogP contribution in [0.4, 0.5) is 0 Å². The van der Waals surface area contributed by atoms with E-state index in [0.29, 0.717) is 30.5 Å². The molecule has 1 amide bonds. The van der Waals surface area contributed by atoms with E-state index in [4.69, 9.17) is 9.26 Å². The maximum Gasteiger partial charge on any atom is 0.275 e. The highest BCUT2D eigenvalue weighted by Crippen LogP contribution is 2.29. The lowest BCUT2D eigenvalue weighted by atomic mass is 9.96. The molecule has 8 nitrogen and oxygen atoms in total. The summed E-state index contributed by atoms with van der Waals surface area (Å²) in [6.45, 7) is 1.47. The van der Waals surface area contributed by atoms with Crippen molar-refractivity contribution < 1.29 is 14.1 Å². The number of hydrogen-bond acceptors (Lipinski definition) is 8. The second kappa shape index (κ2) is 9.27. The van der Waals surface area contributed by atoms with Gasteiger partial charge in [0.2, 0.25) is 11.7 Å². The molecular weight excluding hydrogens is 426 g/mol. The fourth-order valence-electron chi connectivity index (χ4n) is 3.72. The molecule has 32 heavy (non-hydrogen) atoms. The van der Waals surface area contributed by atoms with E-state index in [1.165, 1.54) is 11.5 Å². The smallest absolute Gasteiger partial charge is 0.275 e. The summed E-state index contributed by atoms with van der Waals surface area (Å²) in [6.07, 6.45) is 1.52. The Bertz CT molecular complexity index is 1170. The minimum atomic E-state index is -0.112. The average Bonchev–Trinajstić information content (AvgIpc) is 3.54. The van der Waals surface area contributed by atoms with Crippen LogP contribution in [0.1, 0.15) is 40.0 Å². The summed E-state index contributed by atoms with van der Waals surface area (Å²) in [7, 11) is 0. The Morgan fingerprint density at radius 1 is 1.06 bits per heavy atom. The summed E-state index contributed by atoms with van der Waals surface area (Å²) in [6, 6.07) is 19.2. The third-order valence-corrected chi connectivity index (χ3v) is 6.17. The molecule has 0 N–H and O–H groups in total.